The van der Waals surface area contributed by atoms with Crippen LogP contribution in [0.4, 0.5) is 0 Å². The highest BCUT2D eigenvalue weighted by atomic mass is 16.6. The van der Waals surface area contributed by atoms with Crippen LogP contribution >= 0.6 is 0 Å². The maximum atomic E-state index is 13.8. The molecule has 2 aromatic carbocycles. The lowest BCUT2D eigenvalue weighted by Gasteiger charge is -2.44. The fourth-order valence-electron chi connectivity index (χ4n) is 4.90. The first-order valence-corrected chi connectivity index (χ1v) is 13.4. The summed E-state index contributed by atoms with van der Waals surface area (Å²) in [5, 5.41) is 13.9. The van der Waals surface area contributed by atoms with Gasteiger partial charge in [-0.05, 0) is 61.1 Å². The number of ether oxygens (including phenoxy) is 2. The molecule has 0 radical (unpaired) electrons. The van der Waals surface area contributed by atoms with Gasteiger partial charge in [0, 0.05) is 5.56 Å². The molecule has 40 heavy (non-hydrogen) atoms. The average Bonchev–Trinajstić information content (AvgIpc) is 3.49. The third kappa shape index (κ3) is 7.37. The zero-order valence-corrected chi connectivity index (χ0v) is 23.1. The second-order valence-corrected chi connectivity index (χ2v) is 10.1. The molecule has 2 heterocycles. The number of furan rings is 1. The minimum Gasteiger partial charge on any atom is -0.467 e. The van der Waals surface area contributed by atoms with Gasteiger partial charge in [0.2, 0.25) is 0 Å². The third-order valence-corrected chi connectivity index (χ3v) is 7.03. The number of benzene rings is 2. The van der Waals surface area contributed by atoms with Gasteiger partial charge >= 0.3 is 5.97 Å². The summed E-state index contributed by atoms with van der Waals surface area (Å²) in [5.41, 5.74) is 3.30. The van der Waals surface area contributed by atoms with E-state index in [9.17, 15) is 14.7 Å². The summed E-state index contributed by atoms with van der Waals surface area (Å²) < 4.78 is 15.6. The molecule has 1 aliphatic heterocycles. The minimum absolute atomic E-state index is 0.0340. The summed E-state index contributed by atoms with van der Waals surface area (Å²) in [5.74, 6) is 0.202. The van der Waals surface area contributed by atoms with Crippen LogP contribution in [-0.4, -0.2) is 60.6 Å². The Labute approximate surface area is 234 Å². The van der Waals surface area contributed by atoms with E-state index in [0.29, 0.717) is 23.3 Å². The van der Waals surface area contributed by atoms with E-state index in [2.05, 4.69) is 12.1 Å². The Morgan fingerprint density at radius 2 is 1.85 bits per heavy atom. The van der Waals surface area contributed by atoms with Crippen LogP contribution < -0.4 is 0 Å². The van der Waals surface area contributed by atoms with Gasteiger partial charge in [0.15, 0.2) is 0 Å². The van der Waals surface area contributed by atoms with Crippen molar-refractivity contribution in [2.45, 2.75) is 51.5 Å². The van der Waals surface area contributed by atoms with Crippen molar-refractivity contribution in [2.24, 2.45) is 11.1 Å². The molecule has 1 saturated heterocycles. The number of hydrogen-bond donors (Lipinski definition) is 1. The monoisotopic (exact) mass is 548 g/mol. The van der Waals surface area contributed by atoms with Crippen LogP contribution in [-0.2, 0) is 25.7 Å². The molecule has 4 rings (SSSR count). The summed E-state index contributed by atoms with van der Waals surface area (Å²) in [6, 6.07) is 17.7. The Hall–Kier alpha value is -3.95. The molecule has 1 aliphatic rings. The molecule has 1 N–H and O–H groups in total. The number of aliphatic hydroxyl groups excluding tert-OH is 1. The van der Waals surface area contributed by atoms with Crippen molar-refractivity contribution in [3.8, 4) is 0 Å². The molecule has 0 spiro atoms. The number of amides is 1. The molecule has 1 amide bonds. The first-order chi connectivity index (χ1) is 19.4. The first-order valence-electron chi connectivity index (χ1n) is 13.4. The number of carbonyl (C=O) groups excluding carboxylic acids is 2. The third-order valence-electron chi connectivity index (χ3n) is 7.03. The van der Waals surface area contributed by atoms with Gasteiger partial charge in [-0.2, -0.15) is 0 Å². The Balaban J connectivity index is 1.39. The number of rotatable bonds is 11. The molecule has 9 heteroatoms. The van der Waals surface area contributed by atoms with Crippen LogP contribution in [0, 0.1) is 12.8 Å². The largest absolute Gasteiger partial charge is 0.467 e. The molecule has 0 unspecified atom stereocenters. The quantitative estimate of drug-likeness (QED) is 0.211. The van der Waals surface area contributed by atoms with E-state index in [-0.39, 0.29) is 37.7 Å². The Kier molecular flexibility index (Phi) is 10.1. The number of aryl methyl sites for hydroxylation is 1. The van der Waals surface area contributed by atoms with E-state index in [1.807, 2.05) is 31.2 Å². The number of likely N-dealkylation sites (tertiary alicyclic amines) is 1. The highest BCUT2D eigenvalue weighted by molar-refractivity contribution is 5.98. The summed E-state index contributed by atoms with van der Waals surface area (Å²) in [6.45, 7) is 4.44. The van der Waals surface area contributed by atoms with Crippen molar-refractivity contribution in [1.29, 1.82) is 0 Å². The standard InChI is InChI=1S/C31H36N2O7/c1-21-6-11-24(12-7-21)29-22(2)8-15-28(31(36)37-3)33(29)30(35)25-13-9-23(10-14-25)17-32-40-19-26(34)18-38-20-27-5-4-16-39-27/h4-7,9-14,16-17,22,26,28-29,34H,8,15,18-20H2,1-3H3/b32-17+/t22-,26-,28-,29-/m0/s1. The zero-order valence-electron chi connectivity index (χ0n) is 23.1. The van der Waals surface area contributed by atoms with Crippen LogP contribution in [0.5, 0.6) is 0 Å². The van der Waals surface area contributed by atoms with Crippen molar-refractivity contribution in [3.63, 3.8) is 0 Å². The predicted molar refractivity (Wildman–Crippen MR) is 149 cm³/mol. The summed E-state index contributed by atoms with van der Waals surface area (Å²) in [4.78, 5) is 33.5. The van der Waals surface area contributed by atoms with Crippen molar-refractivity contribution in [3.05, 3.63) is 94.9 Å². The van der Waals surface area contributed by atoms with E-state index < -0.39 is 18.1 Å². The number of nitrogens with zero attached hydrogens (tertiary/aromatic N) is 2. The second-order valence-electron chi connectivity index (χ2n) is 10.1. The first kappa shape index (κ1) is 29.0. The van der Waals surface area contributed by atoms with Crippen molar-refractivity contribution < 1.29 is 33.4 Å². The van der Waals surface area contributed by atoms with Gasteiger partial charge < -0.3 is 28.7 Å². The Morgan fingerprint density at radius 3 is 2.52 bits per heavy atom. The Bertz CT molecular complexity index is 1260. The predicted octanol–water partition coefficient (Wildman–Crippen LogP) is 4.67. The SMILES string of the molecule is COC(=O)[C@@H]1CC[C@H](C)[C@@H](c2ccc(C)cc2)N1C(=O)c1ccc(/C=N/OC[C@@H](O)COCc2ccco2)cc1. The second kappa shape index (κ2) is 13.9. The molecule has 3 aromatic rings. The fraction of sp³-hybridized carbons (Fsp3) is 0.387. The number of piperidine rings is 1. The van der Waals surface area contributed by atoms with Crippen LogP contribution in [0.25, 0.3) is 0 Å². The van der Waals surface area contributed by atoms with Crippen LogP contribution in [0.3, 0.4) is 0 Å². The zero-order chi connectivity index (χ0) is 28.5. The number of oxime groups is 1. The number of methoxy groups -OCH3 is 1. The normalized spacial score (nSPS) is 19.9. The van der Waals surface area contributed by atoms with Crippen molar-refractivity contribution in [1.82, 2.24) is 4.90 Å². The topological polar surface area (TPSA) is 111 Å². The molecule has 0 bridgehead atoms. The van der Waals surface area contributed by atoms with E-state index in [4.69, 9.17) is 18.7 Å². The minimum atomic E-state index is -0.844. The van der Waals surface area contributed by atoms with Crippen LogP contribution in [0.2, 0.25) is 0 Å². The lowest BCUT2D eigenvalue weighted by atomic mass is 9.82. The fourth-order valence-corrected chi connectivity index (χ4v) is 4.90. The van der Waals surface area contributed by atoms with E-state index >= 15 is 0 Å². The maximum Gasteiger partial charge on any atom is 0.328 e. The van der Waals surface area contributed by atoms with Gasteiger partial charge in [0.05, 0.1) is 32.2 Å². The maximum absolute atomic E-state index is 13.8. The van der Waals surface area contributed by atoms with Gasteiger partial charge in [0.1, 0.15) is 31.1 Å². The van der Waals surface area contributed by atoms with Crippen molar-refractivity contribution >= 4 is 18.1 Å². The molecular weight excluding hydrogens is 512 g/mol. The lowest BCUT2D eigenvalue weighted by Crippen LogP contribution is -2.52. The van der Waals surface area contributed by atoms with Gasteiger partial charge in [-0.15, -0.1) is 0 Å². The van der Waals surface area contributed by atoms with Crippen molar-refractivity contribution in [2.75, 3.05) is 20.3 Å². The van der Waals surface area contributed by atoms with E-state index in [0.717, 1.165) is 17.5 Å². The highest BCUT2D eigenvalue weighted by Gasteiger charge is 2.43. The molecular formula is C31H36N2O7. The van der Waals surface area contributed by atoms with Gasteiger partial charge in [-0.25, -0.2) is 4.79 Å². The molecule has 212 valence electrons. The number of esters is 1. The number of carbonyl (C=O) groups is 2. The number of aliphatic hydroxyl groups is 1. The molecule has 1 fully saturated rings. The highest BCUT2D eigenvalue weighted by Crippen LogP contribution is 2.40. The smallest absolute Gasteiger partial charge is 0.328 e. The van der Waals surface area contributed by atoms with Crippen LogP contribution in [0.1, 0.15) is 58.6 Å². The lowest BCUT2D eigenvalue weighted by molar-refractivity contribution is -0.149. The average molecular weight is 549 g/mol. The summed E-state index contributed by atoms with van der Waals surface area (Å²) >= 11 is 0. The molecule has 1 aromatic heterocycles. The van der Waals surface area contributed by atoms with E-state index in [1.165, 1.54) is 13.3 Å². The molecule has 0 saturated carbocycles. The van der Waals surface area contributed by atoms with Gasteiger partial charge in [-0.1, -0.05) is 54.0 Å². The van der Waals surface area contributed by atoms with Gasteiger partial charge in [0.25, 0.3) is 5.91 Å². The Morgan fingerprint density at radius 1 is 1.10 bits per heavy atom. The van der Waals surface area contributed by atoms with Crippen LogP contribution in [0.15, 0.2) is 76.5 Å². The summed E-state index contributed by atoms with van der Waals surface area (Å²) in [7, 11) is 1.35. The molecule has 9 nitrogen and oxygen atoms in total. The van der Waals surface area contributed by atoms with Gasteiger partial charge in [-0.3, -0.25) is 4.79 Å². The van der Waals surface area contributed by atoms with E-state index in [1.54, 1.807) is 47.6 Å². The summed E-state index contributed by atoms with van der Waals surface area (Å²) in [6.07, 6.45) is 3.57. The molecule has 0 aliphatic carbocycles. The molecule has 4 atom stereocenters. The number of hydrogen-bond acceptors (Lipinski definition) is 8.